The van der Waals surface area contributed by atoms with Crippen LogP contribution in [0.1, 0.15) is 40.7 Å². The molecule has 0 saturated heterocycles. The molecule has 4 rings (SSSR count). The average molecular weight is 385 g/mol. The molecule has 0 fully saturated rings. The fourth-order valence-corrected chi connectivity index (χ4v) is 4.02. The molecule has 3 aromatic carbocycles. The van der Waals surface area contributed by atoms with Crippen molar-refractivity contribution in [1.29, 1.82) is 0 Å². The first-order valence-corrected chi connectivity index (χ1v) is 9.78. The summed E-state index contributed by atoms with van der Waals surface area (Å²) in [5, 5.41) is 2.93. The SMILES string of the molecule is Cc1ccc(OCC(=O)Nc2ccccc2-c2ccccc2)c2c1[C@H](C)CC2=O. The van der Waals surface area contributed by atoms with Crippen LogP contribution in [-0.4, -0.2) is 18.3 Å². The quantitative estimate of drug-likeness (QED) is 0.642. The van der Waals surface area contributed by atoms with Crippen molar-refractivity contribution < 1.29 is 14.3 Å². The van der Waals surface area contributed by atoms with Crippen molar-refractivity contribution in [2.45, 2.75) is 26.2 Å². The van der Waals surface area contributed by atoms with Gasteiger partial charge < -0.3 is 10.1 Å². The second-order valence-corrected chi connectivity index (χ2v) is 7.45. The highest BCUT2D eigenvalue weighted by Gasteiger charge is 2.31. The Morgan fingerprint density at radius 1 is 1.03 bits per heavy atom. The number of hydrogen-bond acceptors (Lipinski definition) is 3. The molecule has 29 heavy (non-hydrogen) atoms. The molecule has 0 aliphatic heterocycles. The lowest BCUT2D eigenvalue weighted by Crippen LogP contribution is -2.21. The van der Waals surface area contributed by atoms with Crippen molar-refractivity contribution in [2.24, 2.45) is 0 Å². The molecule has 1 aliphatic rings. The Kier molecular flexibility index (Phi) is 5.17. The van der Waals surface area contributed by atoms with Crippen LogP contribution in [0.3, 0.4) is 0 Å². The van der Waals surface area contributed by atoms with E-state index in [1.54, 1.807) is 6.07 Å². The zero-order valence-electron chi connectivity index (χ0n) is 16.6. The maximum absolute atomic E-state index is 12.6. The number of nitrogens with one attached hydrogen (secondary N) is 1. The van der Waals surface area contributed by atoms with Gasteiger partial charge in [-0.1, -0.05) is 61.5 Å². The van der Waals surface area contributed by atoms with E-state index in [0.29, 0.717) is 17.7 Å². The number of carbonyl (C=O) groups is 2. The summed E-state index contributed by atoms with van der Waals surface area (Å²) in [5.74, 6) is 0.501. The van der Waals surface area contributed by atoms with Gasteiger partial charge in [-0.3, -0.25) is 9.59 Å². The minimum Gasteiger partial charge on any atom is -0.483 e. The first-order chi connectivity index (χ1) is 14.0. The van der Waals surface area contributed by atoms with Gasteiger partial charge in [0.1, 0.15) is 5.75 Å². The summed E-state index contributed by atoms with van der Waals surface area (Å²) >= 11 is 0. The van der Waals surface area contributed by atoms with Gasteiger partial charge in [0.25, 0.3) is 5.91 Å². The van der Waals surface area contributed by atoms with Crippen LogP contribution in [0.2, 0.25) is 0 Å². The average Bonchev–Trinajstić information content (AvgIpc) is 3.04. The maximum Gasteiger partial charge on any atom is 0.262 e. The van der Waals surface area contributed by atoms with E-state index in [4.69, 9.17) is 4.74 Å². The summed E-state index contributed by atoms with van der Waals surface area (Å²) in [6.07, 6.45) is 0.493. The van der Waals surface area contributed by atoms with Crippen molar-refractivity contribution in [2.75, 3.05) is 11.9 Å². The van der Waals surface area contributed by atoms with Crippen LogP contribution in [-0.2, 0) is 4.79 Å². The first-order valence-electron chi connectivity index (χ1n) is 9.78. The van der Waals surface area contributed by atoms with Gasteiger partial charge in [0.2, 0.25) is 0 Å². The molecule has 0 aromatic heterocycles. The number of carbonyl (C=O) groups excluding carboxylic acids is 2. The molecule has 1 amide bonds. The molecule has 1 atom stereocenters. The third kappa shape index (κ3) is 3.79. The molecule has 0 saturated carbocycles. The lowest BCUT2D eigenvalue weighted by atomic mass is 9.97. The molecule has 1 aliphatic carbocycles. The number of aryl methyl sites for hydroxylation is 1. The molecule has 3 aromatic rings. The third-order valence-electron chi connectivity index (χ3n) is 5.33. The highest BCUT2D eigenvalue weighted by molar-refractivity contribution is 6.04. The predicted octanol–water partition coefficient (Wildman–Crippen LogP) is 5.37. The van der Waals surface area contributed by atoms with Crippen LogP contribution in [0.25, 0.3) is 11.1 Å². The molecule has 0 unspecified atom stereocenters. The Labute approximate surface area is 170 Å². The normalized spacial score (nSPS) is 15.1. The van der Waals surface area contributed by atoms with Crippen LogP contribution in [0, 0.1) is 6.92 Å². The lowest BCUT2D eigenvalue weighted by molar-refractivity contribution is -0.118. The summed E-state index contributed by atoms with van der Waals surface area (Å²) in [5.41, 5.74) is 5.47. The van der Waals surface area contributed by atoms with Gasteiger partial charge in [-0.05, 0) is 41.7 Å². The van der Waals surface area contributed by atoms with Crippen molar-refractivity contribution in [3.63, 3.8) is 0 Å². The zero-order valence-corrected chi connectivity index (χ0v) is 16.6. The van der Waals surface area contributed by atoms with E-state index in [-0.39, 0.29) is 24.2 Å². The number of fused-ring (bicyclic) bond motifs is 1. The van der Waals surface area contributed by atoms with E-state index in [9.17, 15) is 9.59 Å². The number of hydrogen-bond donors (Lipinski definition) is 1. The Morgan fingerprint density at radius 3 is 2.55 bits per heavy atom. The zero-order chi connectivity index (χ0) is 20.4. The van der Waals surface area contributed by atoms with Gasteiger partial charge in [-0.25, -0.2) is 0 Å². The maximum atomic E-state index is 12.6. The summed E-state index contributed by atoms with van der Waals surface area (Å²) < 4.78 is 5.77. The van der Waals surface area contributed by atoms with Gasteiger partial charge >= 0.3 is 0 Å². The smallest absolute Gasteiger partial charge is 0.262 e. The number of amides is 1. The van der Waals surface area contributed by atoms with Crippen molar-refractivity contribution >= 4 is 17.4 Å². The molecule has 0 radical (unpaired) electrons. The van der Waals surface area contributed by atoms with Crippen molar-refractivity contribution in [3.8, 4) is 16.9 Å². The Hall–Kier alpha value is -3.40. The topological polar surface area (TPSA) is 55.4 Å². The molecule has 4 nitrogen and oxygen atoms in total. The number of rotatable bonds is 5. The Bertz CT molecular complexity index is 1070. The van der Waals surface area contributed by atoms with Gasteiger partial charge in [-0.2, -0.15) is 0 Å². The molecule has 1 N–H and O–H groups in total. The van der Waals surface area contributed by atoms with Gasteiger partial charge in [0, 0.05) is 17.7 Å². The second kappa shape index (κ2) is 7.92. The van der Waals surface area contributed by atoms with E-state index in [1.807, 2.05) is 74.5 Å². The summed E-state index contributed by atoms with van der Waals surface area (Å²) in [6, 6.07) is 21.3. The van der Waals surface area contributed by atoms with Gasteiger partial charge in [-0.15, -0.1) is 0 Å². The van der Waals surface area contributed by atoms with Crippen LogP contribution >= 0.6 is 0 Å². The molecule has 146 valence electrons. The van der Waals surface area contributed by atoms with E-state index >= 15 is 0 Å². The Morgan fingerprint density at radius 2 is 1.76 bits per heavy atom. The van der Waals surface area contributed by atoms with Gasteiger partial charge in [0.15, 0.2) is 12.4 Å². The fourth-order valence-electron chi connectivity index (χ4n) is 4.02. The largest absolute Gasteiger partial charge is 0.483 e. The number of ether oxygens (including phenoxy) is 1. The van der Waals surface area contributed by atoms with Crippen LogP contribution in [0.5, 0.6) is 5.75 Å². The molecule has 0 spiro atoms. The van der Waals surface area contributed by atoms with Gasteiger partial charge in [0.05, 0.1) is 5.56 Å². The third-order valence-corrected chi connectivity index (χ3v) is 5.33. The van der Waals surface area contributed by atoms with Crippen LogP contribution in [0.4, 0.5) is 5.69 Å². The fraction of sp³-hybridized carbons (Fsp3) is 0.200. The Balaban J connectivity index is 1.50. The van der Waals surface area contributed by atoms with Crippen LogP contribution < -0.4 is 10.1 Å². The second-order valence-electron chi connectivity index (χ2n) is 7.45. The molecular formula is C25H23NO3. The molecule has 0 heterocycles. The van der Waals surface area contributed by atoms with E-state index in [2.05, 4.69) is 5.32 Å². The van der Waals surface area contributed by atoms with Crippen molar-refractivity contribution in [3.05, 3.63) is 83.4 Å². The molecule has 0 bridgehead atoms. The predicted molar refractivity (Wildman–Crippen MR) is 115 cm³/mol. The minimum atomic E-state index is -0.263. The summed E-state index contributed by atoms with van der Waals surface area (Å²) in [4.78, 5) is 25.0. The first kappa shape index (κ1) is 18.9. The number of Topliss-reactive ketones (excluding diaryl/α,β-unsaturated/α-hetero) is 1. The number of anilines is 1. The molecule has 4 heteroatoms. The number of para-hydroxylation sites is 1. The van der Waals surface area contributed by atoms with E-state index in [1.165, 1.54) is 0 Å². The highest BCUT2D eigenvalue weighted by atomic mass is 16.5. The monoisotopic (exact) mass is 385 g/mol. The number of ketones is 1. The number of benzene rings is 3. The summed E-state index contributed by atoms with van der Waals surface area (Å²) in [7, 11) is 0. The standard InChI is InChI=1S/C25H23NO3/c1-16-12-13-22(25-21(27)14-17(2)24(16)25)29-15-23(28)26-20-11-7-6-10-19(20)18-8-4-3-5-9-18/h3-13,17H,14-15H2,1-2H3,(H,26,28)/t17-/m1/s1. The molecular weight excluding hydrogens is 362 g/mol. The van der Waals surface area contributed by atoms with E-state index in [0.717, 1.165) is 27.9 Å². The van der Waals surface area contributed by atoms with Crippen LogP contribution in [0.15, 0.2) is 66.7 Å². The summed E-state index contributed by atoms with van der Waals surface area (Å²) in [6.45, 7) is 3.90. The lowest BCUT2D eigenvalue weighted by Gasteiger charge is -2.14. The van der Waals surface area contributed by atoms with Crippen molar-refractivity contribution in [1.82, 2.24) is 0 Å². The minimum absolute atomic E-state index is 0.0843. The highest BCUT2D eigenvalue weighted by Crippen LogP contribution is 2.40. The van der Waals surface area contributed by atoms with E-state index < -0.39 is 0 Å².